The Morgan fingerprint density at radius 3 is 2.32 bits per heavy atom. The van der Waals surface area contributed by atoms with Crippen LogP contribution in [0.2, 0.25) is 0 Å². The molecule has 3 aromatic carbocycles. The number of phenolic OH excluding ortho intramolecular Hbond substituents is 1. The lowest BCUT2D eigenvalue weighted by molar-refractivity contribution is 0.103. The molecule has 0 unspecified atom stereocenters. The van der Waals surface area contributed by atoms with Crippen molar-refractivity contribution in [3.8, 4) is 5.75 Å². The molecule has 3 rings (SSSR count). The van der Waals surface area contributed by atoms with Crippen molar-refractivity contribution in [2.45, 2.75) is 33.2 Å². The molecular formula is C22H23NO2. The molecule has 3 heteroatoms. The van der Waals surface area contributed by atoms with Gasteiger partial charge in [0.1, 0.15) is 5.75 Å². The minimum atomic E-state index is -0.255. The number of benzene rings is 3. The van der Waals surface area contributed by atoms with E-state index in [1.165, 1.54) is 0 Å². The Morgan fingerprint density at radius 1 is 1.00 bits per heavy atom. The number of carbonyl (C=O) groups excluding carboxylic acids is 1. The average molecular weight is 333 g/mol. The molecule has 0 saturated heterocycles. The molecule has 2 N–H and O–H groups in total. The van der Waals surface area contributed by atoms with Crippen LogP contribution < -0.4 is 5.32 Å². The number of ketones is 1. The molecule has 25 heavy (non-hydrogen) atoms. The predicted molar refractivity (Wildman–Crippen MR) is 104 cm³/mol. The van der Waals surface area contributed by atoms with Gasteiger partial charge in [-0.3, -0.25) is 4.79 Å². The summed E-state index contributed by atoms with van der Waals surface area (Å²) >= 11 is 0. The van der Waals surface area contributed by atoms with Gasteiger partial charge in [-0.1, -0.05) is 48.5 Å². The van der Waals surface area contributed by atoms with Crippen molar-refractivity contribution < 1.29 is 9.90 Å². The van der Waals surface area contributed by atoms with Gasteiger partial charge in [0.15, 0.2) is 5.78 Å². The van der Waals surface area contributed by atoms with Crippen LogP contribution in [-0.4, -0.2) is 16.4 Å². The van der Waals surface area contributed by atoms with Gasteiger partial charge in [0.2, 0.25) is 0 Å². The third-order valence-electron chi connectivity index (χ3n) is 4.12. The van der Waals surface area contributed by atoms with Crippen LogP contribution in [0.3, 0.4) is 0 Å². The summed E-state index contributed by atoms with van der Waals surface area (Å²) in [5.41, 5.74) is 2.38. The fraction of sp³-hybridized carbons (Fsp3) is 0.227. The van der Waals surface area contributed by atoms with Crippen molar-refractivity contribution in [2.75, 3.05) is 5.32 Å². The number of hydrogen-bond acceptors (Lipinski definition) is 3. The van der Waals surface area contributed by atoms with Gasteiger partial charge in [0.25, 0.3) is 0 Å². The summed E-state index contributed by atoms with van der Waals surface area (Å²) in [6.07, 6.45) is 0. The van der Waals surface area contributed by atoms with E-state index in [-0.39, 0.29) is 17.1 Å². The molecule has 0 aliphatic heterocycles. The highest BCUT2D eigenvalue weighted by Crippen LogP contribution is 2.39. The number of rotatable bonds is 3. The zero-order valence-corrected chi connectivity index (χ0v) is 15.1. The standard InChI is InChI=1S/C22H23NO2/c1-14-9-8-12-16-13-17(24)19(20(18(14)16)23-22(2,3)4)21(25)15-10-6-5-7-11-15/h5-13,23-24H,1-4H3. The van der Waals surface area contributed by atoms with E-state index in [1.807, 2.05) is 64.1 Å². The van der Waals surface area contributed by atoms with Gasteiger partial charge < -0.3 is 10.4 Å². The minimum absolute atomic E-state index is 0.00120. The van der Waals surface area contributed by atoms with E-state index >= 15 is 0 Å². The Bertz CT molecular complexity index is 938. The summed E-state index contributed by atoms with van der Waals surface area (Å²) in [5, 5.41) is 16.0. The quantitative estimate of drug-likeness (QED) is 0.640. The van der Waals surface area contributed by atoms with Crippen LogP contribution in [0.15, 0.2) is 54.6 Å². The molecule has 128 valence electrons. The van der Waals surface area contributed by atoms with E-state index in [1.54, 1.807) is 18.2 Å². The third-order valence-corrected chi connectivity index (χ3v) is 4.12. The monoisotopic (exact) mass is 333 g/mol. The topological polar surface area (TPSA) is 49.3 Å². The van der Waals surface area contributed by atoms with Crippen LogP contribution in [0.5, 0.6) is 5.75 Å². The molecule has 0 saturated carbocycles. The van der Waals surface area contributed by atoms with Crippen molar-refractivity contribution in [3.63, 3.8) is 0 Å². The number of hydrogen-bond donors (Lipinski definition) is 2. The number of aryl methyl sites for hydroxylation is 1. The van der Waals surface area contributed by atoms with Gasteiger partial charge in [0, 0.05) is 16.5 Å². The summed E-state index contributed by atoms with van der Waals surface area (Å²) in [4.78, 5) is 13.1. The van der Waals surface area contributed by atoms with Gasteiger partial charge in [-0.15, -0.1) is 0 Å². The second-order valence-electron chi connectivity index (χ2n) is 7.39. The van der Waals surface area contributed by atoms with Crippen molar-refractivity contribution in [1.29, 1.82) is 0 Å². The van der Waals surface area contributed by atoms with E-state index in [9.17, 15) is 9.90 Å². The van der Waals surface area contributed by atoms with E-state index in [2.05, 4.69) is 5.32 Å². The average Bonchev–Trinajstić information content (AvgIpc) is 2.53. The second-order valence-corrected chi connectivity index (χ2v) is 7.39. The Hall–Kier alpha value is -2.81. The number of aromatic hydroxyl groups is 1. The fourth-order valence-electron chi connectivity index (χ4n) is 3.09. The van der Waals surface area contributed by atoms with E-state index in [0.29, 0.717) is 16.8 Å². The lowest BCUT2D eigenvalue weighted by atomic mass is 9.93. The first-order valence-corrected chi connectivity index (χ1v) is 8.41. The van der Waals surface area contributed by atoms with E-state index in [0.717, 1.165) is 16.3 Å². The molecule has 3 aromatic rings. The van der Waals surface area contributed by atoms with Gasteiger partial charge in [-0.05, 0) is 44.7 Å². The van der Waals surface area contributed by atoms with Crippen molar-refractivity contribution in [1.82, 2.24) is 0 Å². The number of nitrogens with one attached hydrogen (secondary N) is 1. The number of phenols is 1. The zero-order chi connectivity index (χ0) is 18.2. The van der Waals surface area contributed by atoms with E-state index < -0.39 is 0 Å². The van der Waals surface area contributed by atoms with Gasteiger partial charge in [0.05, 0.1) is 11.3 Å². The van der Waals surface area contributed by atoms with Crippen LogP contribution in [-0.2, 0) is 0 Å². The number of fused-ring (bicyclic) bond motifs is 1. The van der Waals surface area contributed by atoms with Gasteiger partial charge in [-0.2, -0.15) is 0 Å². The molecule has 0 amide bonds. The second kappa shape index (κ2) is 6.25. The molecule has 0 bridgehead atoms. The summed E-state index contributed by atoms with van der Waals surface area (Å²) in [7, 11) is 0. The van der Waals surface area contributed by atoms with Gasteiger partial charge in [-0.25, -0.2) is 0 Å². The van der Waals surface area contributed by atoms with Crippen molar-refractivity contribution in [3.05, 3.63) is 71.3 Å². The lowest BCUT2D eigenvalue weighted by Gasteiger charge is -2.26. The maximum absolute atomic E-state index is 13.1. The normalized spacial score (nSPS) is 11.5. The van der Waals surface area contributed by atoms with Crippen LogP contribution in [0.4, 0.5) is 5.69 Å². The third kappa shape index (κ3) is 3.36. The Kier molecular flexibility index (Phi) is 4.25. The first-order chi connectivity index (χ1) is 11.8. The molecule has 0 aliphatic rings. The molecule has 0 fully saturated rings. The minimum Gasteiger partial charge on any atom is -0.507 e. The number of anilines is 1. The largest absolute Gasteiger partial charge is 0.507 e. The predicted octanol–water partition coefficient (Wildman–Crippen LogP) is 5.30. The zero-order valence-electron chi connectivity index (χ0n) is 15.1. The first-order valence-electron chi connectivity index (χ1n) is 8.41. The SMILES string of the molecule is Cc1cccc2cc(O)c(C(=O)c3ccccc3)c(NC(C)(C)C)c12. The Morgan fingerprint density at radius 2 is 1.68 bits per heavy atom. The molecule has 0 spiro atoms. The smallest absolute Gasteiger partial charge is 0.198 e. The van der Waals surface area contributed by atoms with Crippen molar-refractivity contribution >= 4 is 22.2 Å². The summed E-state index contributed by atoms with van der Waals surface area (Å²) in [5.74, 6) is -0.186. The molecule has 0 radical (unpaired) electrons. The molecule has 0 aromatic heterocycles. The van der Waals surface area contributed by atoms with E-state index in [4.69, 9.17) is 0 Å². The molecule has 0 heterocycles. The summed E-state index contributed by atoms with van der Waals surface area (Å²) in [6.45, 7) is 8.14. The maximum Gasteiger partial charge on any atom is 0.198 e. The summed E-state index contributed by atoms with van der Waals surface area (Å²) in [6, 6.07) is 16.7. The Balaban J connectivity index is 2.34. The van der Waals surface area contributed by atoms with Crippen LogP contribution in [0.25, 0.3) is 10.8 Å². The molecule has 3 nitrogen and oxygen atoms in total. The van der Waals surface area contributed by atoms with Crippen LogP contribution >= 0.6 is 0 Å². The highest BCUT2D eigenvalue weighted by atomic mass is 16.3. The van der Waals surface area contributed by atoms with Crippen LogP contribution in [0, 0.1) is 6.92 Å². The lowest BCUT2D eigenvalue weighted by Crippen LogP contribution is -2.27. The molecule has 0 atom stereocenters. The highest BCUT2D eigenvalue weighted by molar-refractivity contribution is 6.19. The summed E-state index contributed by atoms with van der Waals surface area (Å²) < 4.78 is 0. The fourth-order valence-corrected chi connectivity index (χ4v) is 3.09. The molecular weight excluding hydrogens is 310 g/mol. The Labute approximate surface area is 148 Å². The number of carbonyl (C=O) groups is 1. The van der Waals surface area contributed by atoms with Crippen molar-refractivity contribution in [2.24, 2.45) is 0 Å². The first kappa shape index (κ1) is 17.0. The molecule has 0 aliphatic carbocycles. The highest BCUT2D eigenvalue weighted by Gasteiger charge is 2.24. The van der Waals surface area contributed by atoms with Crippen LogP contribution in [0.1, 0.15) is 42.3 Å². The maximum atomic E-state index is 13.1. The van der Waals surface area contributed by atoms with Gasteiger partial charge >= 0.3 is 0 Å².